The van der Waals surface area contributed by atoms with Gasteiger partial charge in [-0.05, 0) is 38.6 Å². The van der Waals surface area contributed by atoms with Crippen molar-refractivity contribution in [3.8, 4) is 0 Å². The van der Waals surface area contributed by atoms with Crippen LogP contribution in [0.2, 0.25) is 0 Å². The number of hydrogen-bond donors (Lipinski definition) is 2. The normalized spacial score (nSPS) is 35.4. The molecule has 2 atom stereocenters. The van der Waals surface area contributed by atoms with Crippen LogP contribution in [-0.4, -0.2) is 42.5 Å². The lowest BCUT2D eigenvalue weighted by Crippen LogP contribution is -2.49. The van der Waals surface area contributed by atoms with E-state index in [4.69, 9.17) is 5.73 Å². The number of nitrogens with one attached hydrogen (secondary N) is 1. The summed E-state index contributed by atoms with van der Waals surface area (Å²) in [6.45, 7) is 2.89. The van der Waals surface area contributed by atoms with Crippen molar-refractivity contribution in [2.24, 2.45) is 11.1 Å². The first kappa shape index (κ1) is 11.5. The Labute approximate surface area is 103 Å². The molecule has 1 amide bonds. The summed E-state index contributed by atoms with van der Waals surface area (Å²) in [7, 11) is 0. The molecule has 3 N–H and O–H groups in total. The molecule has 17 heavy (non-hydrogen) atoms. The number of hydrogen-bond acceptors (Lipinski definition) is 3. The van der Waals surface area contributed by atoms with Crippen molar-refractivity contribution < 1.29 is 4.79 Å². The highest BCUT2D eigenvalue weighted by atomic mass is 16.2. The number of carbonyl (C=O) groups excluding carboxylic acids is 1. The van der Waals surface area contributed by atoms with Crippen LogP contribution in [0.1, 0.15) is 38.5 Å². The van der Waals surface area contributed by atoms with E-state index < -0.39 is 0 Å². The minimum Gasteiger partial charge on any atom is -0.351 e. The number of carbonyl (C=O) groups is 1. The van der Waals surface area contributed by atoms with Crippen molar-refractivity contribution in [2.75, 3.05) is 19.6 Å². The number of fused-ring (bicyclic) bond motifs is 1. The van der Waals surface area contributed by atoms with E-state index in [1.165, 1.54) is 25.8 Å². The standard InChI is InChI=1S/C13H23N3O/c14-9-13(5-6-13)12(17)15-10-4-8-16-7-2-1-3-11(10)16/h10-11H,1-9,14H2,(H,15,17). The second-order valence-electron chi connectivity index (χ2n) is 5.95. The van der Waals surface area contributed by atoms with E-state index in [1.807, 2.05) is 0 Å². The molecule has 4 heteroatoms. The highest BCUT2D eigenvalue weighted by Crippen LogP contribution is 2.45. The number of nitrogens with two attached hydrogens (primary N) is 1. The lowest BCUT2D eigenvalue weighted by Gasteiger charge is -2.33. The Hall–Kier alpha value is -0.610. The summed E-state index contributed by atoms with van der Waals surface area (Å²) in [5, 5.41) is 3.27. The number of amides is 1. The third-order valence-corrected chi connectivity index (χ3v) is 4.90. The van der Waals surface area contributed by atoms with Crippen molar-refractivity contribution in [1.29, 1.82) is 0 Å². The van der Waals surface area contributed by atoms with Gasteiger partial charge >= 0.3 is 0 Å². The smallest absolute Gasteiger partial charge is 0.227 e. The molecule has 1 saturated carbocycles. The van der Waals surface area contributed by atoms with Crippen LogP contribution in [0.3, 0.4) is 0 Å². The van der Waals surface area contributed by atoms with Crippen molar-refractivity contribution in [3.63, 3.8) is 0 Å². The maximum atomic E-state index is 12.2. The minimum absolute atomic E-state index is 0.192. The fourth-order valence-corrected chi connectivity index (χ4v) is 3.41. The second kappa shape index (κ2) is 4.25. The third kappa shape index (κ3) is 1.97. The summed E-state index contributed by atoms with van der Waals surface area (Å²) in [6.07, 6.45) is 6.98. The third-order valence-electron chi connectivity index (χ3n) is 4.90. The lowest BCUT2D eigenvalue weighted by molar-refractivity contribution is -0.126. The Balaban J connectivity index is 1.60. The largest absolute Gasteiger partial charge is 0.351 e. The lowest BCUT2D eigenvalue weighted by atomic mass is 9.98. The number of nitrogens with zero attached hydrogens (tertiary/aromatic N) is 1. The fraction of sp³-hybridized carbons (Fsp3) is 0.923. The Bertz CT molecular complexity index is 314. The van der Waals surface area contributed by atoms with E-state index >= 15 is 0 Å². The average Bonchev–Trinajstić information content (AvgIpc) is 3.07. The van der Waals surface area contributed by atoms with Crippen LogP contribution in [0.4, 0.5) is 0 Å². The van der Waals surface area contributed by atoms with Gasteiger partial charge in [-0.3, -0.25) is 9.69 Å². The molecule has 3 fully saturated rings. The van der Waals surface area contributed by atoms with Gasteiger partial charge in [0, 0.05) is 25.2 Å². The maximum Gasteiger partial charge on any atom is 0.227 e. The molecule has 0 bridgehead atoms. The van der Waals surface area contributed by atoms with Gasteiger partial charge < -0.3 is 11.1 Å². The second-order valence-corrected chi connectivity index (χ2v) is 5.95. The van der Waals surface area contributed by atoms with Crippen molar-refractivity contribution in [1.82, 2.24) is 10.2 Å². The molecule has 2 saturated heterocycles. The van der Waals surface area contributed by atoms with E-state index in [2.05, 4.69) is 10.2 Å². The maximum absolute atomic E-state index is 12.2. The van der Waals surface area contributed by atoms with E-state index in [-0.39, 0.29) is 11.3 Å². The molecule has 0 radical (unpaired) electrons. The summed E-state index contributed by atoms with van der Waals surface area (Å²) in [5.41, 5.74) is 5.51. The van der Waals surface area contributed by atoms with Gasteiger partial charge in [0.2, 0.25) is 5.91 Å². The van der Waals surface area contributed by atoms with Gasteiger partial charge in [-0.1, -0.05) is 6.42 Å². The number of piperidine rings is 1. The summed E-state index contributed by atoms with van der Waals surface area (Å²) in [5.74, 6) is 0.220. The summed E-state index contributed by atoms with van der Waals surface area (Å²) in [4.78, 5) is 14.7. The van der Waals surface area contributed by atoms with Crippen molar-refractivity contribution in [2.45, 2.75) is 50.6 Å². The van der Waals surface area contributed by atoms with Crippen LogP contribution in [0.15, 0.2) is 0 Å². The molecule has 0 aromatic rings. The van der Waals surface area contributed by atoms with Gasteiger partial charge in [0.25, 0.3) is 0 Å². The van der Waals surface area contributed by atoms with Crippen LogP contribution in [-0.2, 0) is 4.79 Å². The zero-order valence-corrected chi connectivity index (χ0v) is 10.5. The molecule has 96 valence electrons. The quantitative estimate of drug-likeness (QED) is 0.750. The van der Waals surface area contributed by atoms with Crippen LogP contribution >= 0.6 is 0 Å². The van der Waals surface area contributed by atoms with Crippen molar-refractivity contribution in [3.05, 3.63) is 0 Å². The Morgan fingerprint density at radius 3 is 2.82 bits per heavy atom. The fourth-order valence-electron chi connectivity index (χ4n) is 3.41. The van der Waals surface area contributed by atoms with Crippen LogP contribution in [0.5, 0.6) is 0 Å². The highest BCUT2D eigenvalue weighted by molar-refractivity contribution is 5.85. The minimum atomic E-state index is -0.192. The average molecular weight is 237 g/mol. The van der Waals surface area contributed by atoms with Crippen molar-refractivity contribution >= 4 is 5.91 Å². The highest BCUT2D eigenvalue weighted by Gasteiger charge is 2.50. The molecular weight excluding hydrogens is 214 g/mol. The van der Waals surface area contributed by atoms with E-state index in [0.717, 1.165) is 25.8 Å². The Kier molecular flexibility index (Phi) is 2.87. The molecule has 0 aromatic heterocycles. The van der Waals surface area contributed by atoms with E-state index in [0.29, 0.717) is 18.6 Å². The van der Waals surface area contributed by atoms with Gasteiger partial charge in [-0.15, -0.1) is 0 Å². The molecule has 3 rings (SSSR count). The van der Waals surface area contributed by atoms with Gasteiger partial charge in [0.15, 0.2) is 0 Å². The summed E-state index contributed by atoms with van der Waals surface area (Å²) < 4.78 is 0. The zero-order chi connectivity index (χ0) is 11.9. The molecule has 3 aliphatic rings. The molecule has 1 aliphatic carbocycles. The molecule has 0 spiro atoms. The van der Waals surface area contributed by atoms with Crippen LogP contribution in [0, 0.1) is 5.41 Å². The van der Waals surface area contributed by atoms with E-state index in [9.17, 15) is 4.79 Å². The zero-order valence-electron chi connectivity index (χ0n) is 10.5. The van der Waals surface area contributed by atoms with Crippen LogP contribution in [0.25, 0.3) is 0 Å². The van der Waals surface area contributed by atoms with Gasteiger partial charge in [-0.25, -0.2) is 0 Å². The molecule has 2 unspecified atom stereocenters. The molecular formula is C13H23N3O. The SMILES string of the molecule is NCC1(C(=O)NC2CCN3CCCCC23)CC1. The molecule has 4 nitrogen and oxygen atoms in total. The Morgan fingerprint density at radius 2 is 2.12 bits per heavy atom. The summed E-state index contributed by atoms with van der Waals surface area (Å²) in [6, 6.07) is 0.980. The molecule has 2 heterocycles. The monoisotopic (exact) mass is 237 g/mol. The topological polar surface area (TPSA) is 58.4 Å². The van der Waals surface area contributed by atoms with Gasteiger partial charge in [-0.2, -0.15) is 0 Å². The predicted octanol–water partition coefficient (Wildman–Crippen LogP) is 0.468. The summed E-state index contributed by atoms with van der Waals surface area (Å²) >= 11 is 0. The van der Waals surface area contributed by atoms with Gasteiger partial charge in [0.1, 0.15) is 0 Å². The predicted molar refractivity (Wildman–Crippen MR) is 66.5 cm³/mol. The first-order chi connectivity index (χ1) is 8.25. The molecule has 2 aliphatic heterocycles. The van der Waals surface area contributed by atoms with E-state index in [1.54, 1.807) is 0 Å². The first-order valence-electron chi connectivity index (χ1n) is 7.00. The van der Waals surface area contributed by atoms with Gasteiger partial charge in [0.05, 0.1) is 5.41 Å². The van der Waals surface area contributed by atoms with Crippen LogP contribution < -0.4 is 11.1 Å². The first-order valence-corrected chi connectivity index (χ1v) is 7.00. The molecule has 0 aromatic carbocycles. The Morgan fingerprint density at radius 1 is 1.29 bits per heavy atom. The number of rotatable bonds is 3.